The van der Waals surface area contributed by atoms with Gasteiger partial charge in [-0.2, -0.15) is 0 Å². The van der Waals surface area contributed by atoms with E-state index in [9.17, 15) is 9.59 Å². The van der Waals surface area contributed by atoms with Crippen molar-refractivity contribution in [3.63, 3.8) is 0 Å². The molecule has 3 aromatic carbocycles. The molecule has 1 heterocycles. The largest absolute Gasteiger partial charge is 0.444 e. The Bertz CT molecular complexity index is 1410. The van der Waals surface area contributed by atoms with Gasteiger partial charge in [0.1, 0.15) is 0 Å². The molecular weight excluding hydrogens is 616 g/mol. The molecule has 2 fully saturated rings. The third kappa shape index (κ3) is 9.51. The standard InChI is InChI=1S/C42H55ClN2O3/c43-38-25-17-16-24-37(38)42(35-22-14-10-15-23-35,48-40(46)32-39(44)41(47)45-30-18-11-19-31-45)36-28-26-34(27-29-36)33-20-12-8-6-4-2-1-3-5-7-9-13-21-33/h10,14-17,22-29,33,39H,1-9,11-13,18-21,30-32,44H2/t39-,42?/m0/s1. The van der Waals surface area contributed by atoms with E-state index >= 15 is 0 Å². The number of likely N-dealkylation sites (tertiary alicyclic amines) is 1. The molecule has 1 aliphatic carbocycles. The molecule has 258 valence electrons. The Kier molecular flexibility index (Phi) is 14.0. The first kappa shape index (κ1) is 36.1. The molecule has 5 rings (SSSR count). The predicted molar refractivity (Wildman–Crippen MR) is 196 cm³/mol. The molecule has 3 aromatic rings. The van der Waals surface area contributed by atoms with E-state index in [-0.39, 0.29) is 12.3 Å². The molecule has 2 N–H and O–H groups in total. The van der Waals surface area contributed by atoms with Crippen LogP contribution in [-0.2, 0) is 19.9 Å². The van der Waals surface area contributed by atoms with Crippen molar-refractivity contribution in [1.29, 1.82) is 0 Å². The average Bonchev–Trinajstić information content (AvgIpc) is 3.12. The maximum atomic E-state index is 13.9. The highest BCUT2D eigenvalue weighted by atomic mass is 35.5. The number of hydrogen-bond acceptors (Lipinski definition) is 4. The Morgan fingerprint density at radius 3 is 1.77 bits per heavy atom. The van der Waals surface area contributed by atoms with Gasteiger partial charge in [-0.3, -0.25) is 9.59 Å². The van der Waals surface area contributed by atoms with Crippen LogP contribution in [0.15, 0.2) is 78.9 Å². The molecule has 5 nitrogen and oxygen atoms in total. The molecule has 1 amide bonds. The lowest BCUT2D eigenvalue weighted by atomic mass is 9.78. The summed E-state index contributed by atoms with van der Waals surface area (Å²) in [5, 5.41) is 0.498. The lowest BCUT2D eigenvalue weighted by Crippen LogP contribution is -2.47. The first-order valence-corrected chi connectivity index (χ1v) is 19.0. The lowest BCUT2D eigenvalue weighted by molar-refractivity contribution is -0.155. The Hall–Kier alpha value is -3.15. The number of halogens is 1. The van der Waals surface area contributed by atoms with E-state index in [1.165, 1.54) is 89.0 Å². The van der Waals surface area contributed by atoms with Crippen LogP contribution >= 0.6 is 11.6 Å². The van der Waals surface area contributed by atoms with Crippen molar-refractivity contribution in [3.8, 4) is 0 Å². The number of carbonyl (C=O) groups is 2. The fraction of sp³-hybridized carbons (Fsp3) is 0.524. The van der Waals surface area contributed by atoms with Gasteiger partial charge in [0.25, 0.3) is 0 Å². The summed E-state index contributed by atoms with van der Waals surface area (Å²) < 4.78 is 6.61. The number of benzene rings is 3. The van der Waals surface area contributed by atoms with E-state index in [1.54, 1.807) is 4.90 Å². The first-order valence-electron chi connectivity index (χ1n) is 18.7. The van der Waals surface area contributed by atoms with Crippen LogP contribution < -0.4 is 5.73 Å². The van der Waals surface area contributed by atoms with E-state index in [4.69, 9.17) is 22.1 Å². The second-order valence-electron chi connectivity index (χ2n) is 14.0. The number of nitrogens with zero attached hydrogens (tertiary/aromatic N) is 1. The molecule has 0 bridgehead atoms. The van der Waals surface area contributed by atoms with Crippen LogP contribution in [0.25, 0.3) is 0 Å². The molecule has 1 unspecified atom stereocenters. The van der Waals surface area contributed by atoms with Crippen LogP contribution in [0.2, 0.25) is 5.02 Å². The monoisotopic (exact) mass is 670 g/mol. The Morgan fingerprint density at radius 1 is 0.688 bits per heavy atom. The second-order valence-corrected chi connectivity index (χ2v) is 14.4. The minimum Gasteiger partial charge on any atom is -0.444 e. The van der Waals surface area contributed by atoms with Crippen LogP contribution in [0.1, 0.15) is 137 Å². The Labute approximate surface area is 293 Å². The van der Waals surface area contributed by atoms with Crippen LogP contribution in [0, 0.1) is 0 Å². The van der Waals surface area contributed by atoms with Gasteiger partial charge in [0, 0.05) is 34.8 Å². The second kappa shape index (κ2) is 18.6. The van der Waals surface area contributed by atoms with Gasteiger partial charge < -0.3 is 15.4 Å². The highest BCUT2D eigenvalue weighted by Crippen LogP contribution is 2.44. The highest BCUT2D eigenvalue weighted by Gasteiger charge is 2.43. The van der Waals surface area contributed by atoms with Crippen molar-refractivity contribution in [2.45, 2.75) is 127 Å². The number of rotatable bonds is 8. The zero-order valence-corrected chi connectivity index (χ0v) is 29.5. The number of ether oxygens (including phenoxy) is 1. The van der Waals surface area contributed by atoms with Crippen LogP contribution in [0.4, 0.5) is 0 Å². The molecule has 2 atom stereocenters. The maximum absolute atomic E-state index is 13.9. The van der Waals surface area contributed by atoms with E-state index in [0.29, 0.717) is 29.6 Å². The Morgan fingerprint density at radius 2 is 1.19 bits per heavy atom. The fourth-order valence-electron chi connectivity index (χ4n) is 7.74. The number of hydrogen-bond donors (Lipinski definition) is 1. The van der Waals surface area contributed by atoms with Crippen LogP contribution in [0.5, 0.6) is 0 Å². The van der Waals surface area contributed by atoms with Crippen molar-refractivity contribution >= 4 is 23.5 Å². The summed E-state index contributed by atoms with van der Waals surface area (Å²) in [6, 6.07) is 25.1. The molecule has 0 radical (unpaired) electrons. The summed E-state index contributed by atoms with van der Waals surface area (Å²) in [5.41, 5.74) is 8.67. The SMILES string of the molecule is N[C@@H](CC(=O)OC(c1ccccc1)(c1ccc(C2CCCCCCCCCCCCC2)cc1)c1ccccc1Cl)C(=O)N1CCCCC1. The molecular formula is C42H55ClN2O3. The van der Waals surface area contributed by atoms with Crippen molar-refractivity contribution in [2.24, 2.45) is 5.73 Å². The van der Waals surface area contributed by atoms with E-state index in [0.717, 1.165) is 30.4 Å². The summed E-state index contributed by atoms with van der Waals surface area (Å²) in [7, 11) is 0. The van der Waals surface area contributed by atoms with Gasteiger partial charge in [-0.1, -0.05) is 155 Å². The van der Waals surface area contributed by atoms with E-state index in [2.05, 4.69) is 24.3 Å². The van der Waals surface area contributed by atoms with Crippen molar-refractivity contribution in [3.05, 3.63) is 106 Å². The van der Waals surface area contributed by atoms with E-state index < -0.39 is 17.6 Å². The zero-order valence-electron chi connectivity index (χ0n) is 28.7. The van der Waals surface area contributed by atoms with Gasteiger partial charge in [-0.15, -0.1) is 0 Å². The van der Waals surface area contributed by atoms with Crippen LogP contribution in [0.3, 0.4) is 0 Å². The highest BCUT2D eigenvalue weighted by molar-refractivity contribution is 6.31. The number of amides is 1. The predicted octanol–water partition coefficient (Wildman–Crippen LogP) is 10.1. The first-order chi connectivity index (χ1) is 23.5. The van der Waals surface area contributed by atoms with Gasteiger partial charge >= 0.3 is 5.97 Å². The van der Waals surface area contributed by atoms with E-state index in [1.807, 2.05) is 54.6 Å². The summed E-state index contributed by atoms with van der Waals surface area (Å²) in [4.78, 5) is 28.9. The summed E-state index contributed by atoms with van der Waals surface area (Å²) >= 11 is 6.93. The third-order valence-electron chi connectivity index (χ3n) is 10.5. The van der Waals surface area contributed by atoms with Gasteiger partial charge in [-0.25, -0.2) is 0 Å². The molecule has 0 aromatic heterocycles. The number of esters is 1. The smallest absolute Gasteiger partial charge is 0.309 e. The van der Waals surface area contributed by atoms with Gasteiger partial charge in [0.2, 0.25) is 5.91 Å². The minimum atomic E-state index is -1.33. The molecule has 0 spiro atoms. The molecule has 1 aliphatic heterocycles. The Balaban J connectivity index is 1.46. The minimum absolute atomic E-state index is 0.192. The summed E-state index contributed by atoms with van der Waals surface area (Å²) in [6.45, 7) is 1.37. The fourth-order valence-corrected chi connectivity index (χ4v) is 8.01. The van der Waals surface area contributed by atoms with Crippen molar-refractivity contribution in [1.82, 2.24) is 4.90 Å². The molecule has 1 saturated heterocycles. The topological polar surface area (TPSA) is 72.6 Å². The van der Waals surface area contributed by atoms with Crippen molar-refractivity contribution in [2.75, 3.05) is 13.1 Å². The van der Waals surface area contributed by atoms with Gasteiger partial charge in [0.05, 0.1) is 12.5 Å². The summed E-state index contributed by atoms with van der Waals surface area (Å²) in [5.74, 6) is -0.219. The van der Waals surface area contributed by atoms with Gasteiger partial charge in [-0.05, 0) is 49.7 Å². The van der Waals surface area contributed by atoms with Crippen molar-refractivity contribution < 1.29 is 14.3 Å². The summed E-state index contributed by atoms with van der Waals surface area (Å²) in [6.07, 6.45) is 19.9. The van der Waals surface area contributed by atoms with Gasteiger partial charge in [0.15, 0.2) is 5.60 Å². The zero-order chi connectivity index (χ0) is 33.6. The number of nitrogens with two attached hydrogens (primary N) is 1. The normalized spacial score (nSPS) is 19.4. The molecule has 2 aliphatic rings. The maximum Gasteiger partial charge on any atom is 0.309 e. The lowest BCUT2D eigenvalue weighted by Gasteiger charge is -2.36. The molecule has 1 saturated carbocycles. The average molecular weight is 671 g/mol. The van der Waals surface area contributed by atoms with Crippen LogP contribution in [-0.4, -0.2) is 35.9 Å². The molecule has 48 heavy (non-hydrogen) atoms. The third-order valence-corrected chi connectivity index (χ3v) is 10.8. The molecule has 6 heteroatoms. The quantitative estimate of drug-likeness (QED) is 0.191. The number of carbonyl (C=O) groups excluding carboxylic acids is 2. The number of piperidine rings is 1.